The largest absolute Gasteiger partial charge is 0.497 e. The van der Waals surface area contributed by atoms with E-state index in [-0.39, 0.29) is 11.9 Å². The van der Waals surface area contributed by atoms with Gasteiger partial charge in [0.1, 0.15) is 5.75 Å². The van der Waals surface area contributed by atoms with Crippen LogP contribution in [0.5, 0.6) is 5.75 Å². The lowest BCUT2D eigenvalue weighted by atomic mass is 9.98. The summed E-state index contributed by atoms with van der Waals surface area (Å²) in [5.41, 5.74) is 1.32. The zero-order chi connectivity index (χ0) is 17.9. The third-order valence-corrected chi connectivity index (χ3v) is 5.11. The van der Waals surface area contributed by atoms with Gasteiger partial charge in [0, 0.05) is 36.9 Å². The highest BCUT2D eigenvalue weighted by Crippen LogP contribution is 2.26. The molecule has 2 aromatic heterocycles. The summed E-state index contributed by atoms with van der Waals surface area (Å²) < 4.78 is 7.22. The van der Waals surface area contributed by atoms with E-state index < -0.39 is 0 Å². The Kier molecular flexibility index (Phi) is 4.60. The first-order chi connectivity index (χ1) is 12.8. The summed E-state index contributed by atoms with van der Waals surface area (Å²) in [6.07, 6.45) is 7.87. The van der Waals surface area contributed by atoms with E-state index in [1.54, 1.807) is 13.3 Å². The highest BCUT2D eigenvalue weighted by atomic mass is 16.5. The van der Waals surface area contributed by atoms with E-state index in [0.29, 0.717) is 5.69 Å². The lowest BCUT2D eigenvalue weighted by Crippen LogP contribution is -2.44. The van der Waals surface area contributed by atoms with Crippen molar-refractivity contribution >= 4 is 16.8 Å². The van der Waals surface area contributed by atoms with Crippen molar-refractivity contribution < 1.29 is 9.53 Å². The van der Waals surface area contributed by atoms with Crippen molar-refractivity contribution in [1.29, 1.82) is 0 Å². The Morgan fingerprint density at radius 2 is 2.31 bits per heavy atom. The molecule has 1 saturated heterocycles. The number of nitrogens with zero attached hydrogens (tertiary/aromatic N) is 4. The summed E-state index contributed by atoms with van der Waals surface area (Å²) in [7, 11) is 1.62. The van der Waals surface area contributed by atoms with Crippen molar-refractivity contribution in [2.45, 2.75) is 38.3 Å². The number of ether oxygens (including phenoxy) is 1. The highest BCUT2D eigenvalue weighted by Gasteiger charge is 2.29. The van der Waals surface area contributed by atoms with E-state index in [1.165, 1.54) is 0 Å². The van der Waals surface area contributed by atoms with E-state index >= 15 is 0 Å². The van der Waals surface area contributed by atoms with E-state index in [9.17, 15) is 4.79 Å². The maximum absolute atomic E-state index is 13.2. The third kappa shape index (κ3) is 3.16. The van der Waals surface area contributed by atoms with Gasteiger partial charge in [-0.3, -0.25) is 14.6 Å². The van der Waals surface area contributed by atoms with Gasteiger partial charge in [0.05, 0.1) is 12.6 Å². The normalized spacial score (nSPS) is 17.6. The fraction of sp³-hybridized carbons (Fsp3) is 0.421. The monoisotopic (exact) mass is 353 g/mol. The topological polar surface area (TPSA) is 76.0 Å². The molecule has 0 saturated carbocycles. The van der Waals surface area contributed by atoms with E-state index in [1.807, 2.05) is 40.0 Å². The molecular formula is C19H23N5O2. The molecule has 0 radical (unpaired) electrons. The second kappa shape index (κ2) is 7.19. The van der Waals surface area contributed by atoms with Gasteiger partial charge in [0.15, 0.2) is 5.69 Å². The predicted molar refractivity (Wildman–Crippen MR) is 98.2 cm³/mol. The summed E-state index contributed by atoms with van der Waals surface area (Å²) in [5, 5.41) is 12.3. The van der Waals surface area contributed by atoms with Gasteiger partial charge >= 0.3 is 0 Å². The maximum Gasteiger partial charge on any atom is 0.275 e. The molecule has 1 aliphatic heterocycles. The first kappa shape index (κ1) is 16.6. The SMILES string of the molecule is COc1ccc2[nH]nc(C(=O)N3CCCCC3CCn3cccn3)c2c1. The zero-order valence-corrected chi connectivity index (χ0v) is 14.9. The average molecular weight is 353 g/mol. The van der Waals surface area contributed by atoms with Gasteiger partial charge in [-0.15, -0.1) is 0 Å². The van der Waals surface area contributed by atoms with Crippen molar-refractivity contribution in [2.24, 2.45) is 0 Å². The van der Waals surface area contributed by atoms with Crippen LogP contribution in [0.15, 0.2) is 36.7 Å². The Morgan fingerprint density at radius 1 is 1.38 bits per heavy atom. The van der Waals surface area contributed by atoms with Crippen molar-refractivity contribution in [3.63, 3.8) is 0 Å². The zero-order valence-electron chi connectivity index (χ0n) is 14.9. The molecule has 1 unspecified atom stereocenters. The van der Waals surface area contributed by atoms with Crippen LogP contribution >= 0.6 is 0 Å². The van der Waals surface area contributed by atoms with Crippen molar-refractivity contribution in [3.05, 3.63) is 42.4 Å². The minimum atomic E-state index is -0.00494. The molecule has 1 aromatic carbocycles. The summed E-state index contributed by atoms with van der Waals surface area (Å²) >= 11 is 0. The number of aromatic nitrogens is 4. The minimum Gasteiger partial charge on any atom is -0.497 e. The Labute approximate surface area is 151 Å². The first-order valence-corrected chi connectivity index (χ1v) is 9.07. The number of aromatic amines is 1. The van der Waals surface area contributed by atoms with E-state index in [4.69, 9.17) is 4.74 Å². The number of carbonyl (C=O) groups excluding carboxylic acids is 1. The van der Waals surface area contributed by atoms with Crippen LogP contribution in [0.1, 0.15) is 36.2 Å². The van der Waals surface area contributed by atoms with Crippen molar-refractivity contribution in [3.8, 4) is 5.75 Å². The Balaban J connectivity index is 1.56. The molecule has 3 aromatic rings. The number of methoxy groups -OCH3 is 1. The molecule has 1 fully saturated rings. The average Bonchev–Trinajstić information content (AvgIpc) is 3.35. The lowest BCUT2D eigenvalue weighted by Gasteiger charge is -2.35. The number of rotatable bonds is 5. The third-order valence-electron chi connectivity index (χ3n) is 5.11. The standard InChI is InChI=1S/C19H23N5O2/c1-26-15-6-7-17-16(13-15)18(22-21-17)19(25)24-11-3-2-5-14(24)8-12-23-10-4-9-20-23/h4,6-7,9-10,13-14H,2-3,5,8,11-12H2,1H3,(H,21,22). The summed E-state index contributed by atoms with van der Waals surface area (Å²) in [4.78, 5) is 15.2. The Hall–Kier alpha value is -2.83. The van der Waals surface area contributed by atoms with E-state index in [0.717, 1.165) is 55.4 Å². The van der Waals surface area contributed by atoms with Gasteiger partial charge in [0.25, 0.3) is 5.91 Å². The molecule has 4 rings (SSSR count). The molecule has 1 amide bonds. The number of H-pyrrole nitrogens is 1. The Morgan fingerprint density at radius 3 is 3.12 bits per heavy atom. The van der Waals surface area contributed by atoms with Gasteiger partial charge in [-0.25, -0.2) is 0 Å². The number of nitrogens with one attached hydrogen (secondary N) is 1. The molecule has 136 valence electrons. The molecule has 1 aliphatic rings. The van der Waals surface area contributed by atoms with Gasteiger partial charge in [-0.2, -0.15) is 10.2 Å². The molecule has 0 bridgehead atoms. The highest BCUT2D eigenvalue weighted by molar-refractivity contribution is 6.05. The van der Waals surface area contributed by atoms with Crippen LogP contribution in [0.3, 0.4) is 0 Å². The van der Waals surface area contributed by atoms with Gasteiger partial charge < -0.3 is 9.64 Å². The molecule has 0 spiro atoms. The van der Waals surface area contributed by atoms with E-state index in [2.05, 4.69) is 15.3 Å². The van der Waals surface area contributed by atoms with Crippen LogP contribution in [0.2, 0.25) is 0 Å². The first-order valence-electron chi connectivity index (χ1n) is 9.07. The van der Waals surface area contributed by atoms with Gasteiger partial charge in [0.2, 0.25) is 0 Å². The molecule has 3 heterocycles. The maximum atomic E-state index is 13.2. The molecule has 26 heavy (non-hydrogen) atoms. The summed E-state index contributed by atoms with van der Waals surface area (Å²) in [5.74, 6) is 0.719. The van der Waals surface area contributed by atoms with Crippen molar-refractivity contribution in [1.82, 2.24) is 24.9 Å². The molecule has 7 nitrogen and oxygen atoms in total. The summed E-state index contributed by atoms with van der Waals surface area (Å²) in [6, 6.07) is 7.77. The number of benzene rings is 1. The number of amides is 1. The van der Waals surface area contributed by atoms with Gasteiger partial charge in [-0.1, -0.05) is 0 Å². The summed E-state index contributed by atoms with van der Waals surface area (Å²) in [6.45, 7) is 1.59. The second-order valence-electron chi connectivity index (χ2n) is 6.69. The Bertz CT molecular complexity index is 887. The molecular weight excluding hydrogens is 330 g/mol. The van der Waals surface area contributed by atoms with Gasteiger partial charge in [-0.05, 0) is 49.9 Å². The molecule has 0 aliphatic carbocycles. The van der Waals surface area contributed by atoms with Crippen LogP contribution in [0.4, 0.5) is 0 Å². The van der Waals surface area contributed by atoms with Crippen LogP contribution in [0, 0.1) is 0 Å². The van der Waals surface area contributed by atoms with Crippen LogP contribution in [0.25, 0.3) is 10.9 Å². The van der Waals surface area contributed by atoms with Crippen LogP contribution in [-0.4, -0.2) is 50.5 Å². The molecule has 1 N–H and O–H groups in total. The molecule has 1 atom stereocenters. The lowest BCUT2D eigenvalue weighted by molar-refractivity contribution is 0.0590. The number of hydrogen-bond acceptors (Lipinski definition) is 4. The molecule has 7 heteroatoms. The smallest absolute Gasteiger partial charge is 0.275 e. The fourth-order valence-corrected chi connectivity index (χ4v) is 3.70. The number of likely N-dealkylation sites (tertiary alicyclic amines) is 1. The fourth-order valence-electron chi connectivity index (χ4n) is 3.70. The number of carbonyl (C=O) groups is 1. The van der Waals surface area contributed by atoms with Crippen LogP contribution < -0.4 is 4.74 Å². The minimum absolute atomic E-state index is 0.00494. The number of hydrogen-bond donors (Lipinski definition) is 1. The predicted octanol–water partition coefficient (Wildman–Crippen LogP) is 2.85. The quantitative estimate of drug-likeness (QED) is 0.765. The number of piperidine rings is 1. The van der Waals surface area contributed by atoms with Crippen LogP contribution in [-0.2, 0) is 6.54 Å². The second-order valence-corrected chi connectivity index (χ2v) is 6.69. The number of aryl methyl sites for hydroxylation is 1. The number of fused-ring (bicyclic) bond motifs is 1. The van der Waals surface area contributed by atoms with Crippen molar-refractivity contribution in [2.75, 3.05) is 13.7 Å².